The average Bonchev–Trinajstić information content (AvgIpc) is 2.87. The molecule has 9 heteroatoms. The van der Waals surface area contributed by atoms with E-state index in [1.807, 2.05) is 0 Å². The molecule has 0 aliphatic carbocycles. The minimum absolute atomic E-state index is 0.176. The summed E-state index contributed by atoms with van der Waals surface area (Å²) in [6.45, 7) is 11.5. The summed E-state index contributed by atoms with van der Waals surface area (Å²) >= 11 is 0. The predicted molar refractivity (Wildman–Crippen MR) is 141 cm³/mol. The first-order valence-electron chi connectivity index (χ1n) is 13.2. The summed E-state index contributed by atoms with van der Waals surface area (Å²) in [6, 6.07) is 4.76. The number of rotatable bonds is 7. The van der Waals surface area contributed by atoms with E-state index in [9.17, 15) is 4.39 Å². The molecule has 37 heavy (non-hydrogen) atoms. The van der Waals surface area contributed by atoms with Crippen molar-refractivity contribution >= 4 is 17.2 Å². The molecule has 2 aromatic heterocycles. The smallest absolute Gasteiger partial charge is 0.155 e. The quantitative estimate of drug-likeness (QED) is 0.505. The predicted octanol–water partition coefficient (Wildman–Crippen LogP) is 4.49. The molecular formula is C28H34FN7O. The average molecular weight is 504 g/mol. The van der Waals surface area contributed by atoms with Crippen LogP contribution < -0.4 is 10.2 Å². The molecular weight excluding hydrogens is 469 g/mol. The summed E-state index contributed by atoms with van der Waals surface area (Å²) in [4.78, 5) is 22.5. The van der Waals surface area contributed by atoms with Gasteiger partial charge in [-0.15, -0.1) is 0 Å². The van der Waals surface area contributed by atoms with Gasteiger partial charge in [-0.05, 0) is 42.9 Å². The van der Waals surface area contributed by atoms with E-state index in [0.29, 0.717) is 5.41 Å². The van der Waals surface area contributed by atoms with E-state index in [-0.39, 0.29) is 11.7 Å². The van der Waals surface area contributed by atoms with Gasteiger partial charge in [0.2, 0.25) is 0 Å². The number of hydrogen-bond acceptors (Lipinski definition) is 8. The van der Waals surface area contributed by atoms with Gasteiger partial charge in [0.15, 0.2) is 5.82 Å². The van der Waals surface area contributed by atoms with Crippen LogP contribution in [0.25, 0.3) is 11.1 Å². The van der Waals surface area contributed by atoms with Gasteiger partial charge in [0.1, 0.15) is 24.2 Å². The van der Waals surface area contributed by atoms with Crippen molar-refractivity contribution in [3.63, 3.8) is 0 Å². The molecule has 5 heterocycles. The molecule has 3 saturated heterocycles. The van der Waals surface area contributed by atoms with Gasteiger partial charge in [-0.25, -0.2) is 24.3 Å². The second kappa shape index (κ2) is 9.95. The lowest BCUT2D eigenvalue weighted by atomic mass is 9.72. The Balaban J connectivity index is 1.17. The Morgan fingerprint density at radius 2 is 1.76 bits per heavy atom. The molecule has 1 aromatic carbocycles. The van der Waals surface area contributed by atoms with Crippen molar-refractivity contribution in [3.05, 3.63) is 54.8 Å². The van der Waals surface area contributed by atoms with Gasteiger partial charge in [0.05, 0.1) is 11.9 Å². The second-order valence-electron chi connectivity index (χ2n) is 11.1. The molecule has 194 valence electrons. The maximum atomic E-state index is 14.4. The Morgan fingerprint density at radius 1 is 1.00 bits per heavy atom. The van der Waals surface area contributed by atoms with Crippen LogP contribution in [0.2, 0.25) is 0 Å². The lowest BCUT2D eigenvalue weighted by molar-refractivity contribution is -0.0429. The minimum atomic E-state index is -0.302. The van der Waals surface area contributed by atoms with Gasteiger partial charge in [-0.2, -0.15) is 0 Å². The summed E-state index contributed by atoms with van der Waals surface area (Å²) in [5, 5.41) is 3.50. The molecule has 3 aliphatic rings. The largest absolute Gasteiger partial charge is 0.381 e. The number of aromatic nitrogens is 4. The molecule has 1 spiro atoms. The number of anilines is 3. The first kappa shape index (κ1) is 24.2. The van der Waals surface area contributed by atoms with Crippen LogP contribution in [0, 0.1) is 17.2 Å². The van der Waals surface area contributed by atoms with Crippen molar-refractivity contribution in [1.82, 2.24) is 24.8 Å². The third-order valence-electron chi connectivity index (χ3n) is 7.85. The zero-order chi connectivity index (χ0) is 25.4. The van der Waals surface area contributed by atoms with E-state index in [2.05, 4.69) is 48.9 Å². The van der Waals surface area contributed by atoms with Gasteiger partial charge in [-0.1, -0.05) is 13.8 Å². The summed E-state index contributed by atoms with van der Waals surface area (Å²) in [5.74, 6) is 1.53. The zero-order valence-corrected chi connectivity index (χ0v) is 21.5. The van der Waals surface area contributed by atoms with E-state index in [1.54, 1.807) is 31.1 Å². The van der Waals surface area contributed by atoms with E-state index >= 15 is 0 Å². The summed E-state index contributed by atoms with van der Waals surface area (Å²) in [6.07, 6.45) is 9.06. The van der Waals surface area contributed by atoms with Crippen molar-refractivity contribution in [2.45, 2.75) is 32.6 Å². The van der Waals surface area contributed by atoms with Crippen molar-refractivity contribution in [2.24, 2.45) is 11.3 Å². The Bertz CT molecular complexity index is 1250. The number of ether oxygens (including phenoxy) is 1. The Labute approximate surface area is 217 Å². The number of nitrogens with zero attached hydrogens (tertiary/aromatic N) is 6. The minimum Gasteiger partial charge on any atom is -0.381 e. The van der Waals surface area contributed by atoms with Crippen molar-refractivity contribution in [3.8, 4) is 11.1 Å². The molecule has 0 amide bonds. The van der Waals surface area contributed by atoms with Crippen LogP contribution in [0.5, 0.6) is 0 Å². The number of likely N-dealkylation sites (tertiary alicyclic amines) is 1. The van der Waals surface area contributed by atoms with Gasteiger partial charge in [0, 0.05) is 74.4 Å². The van der Waals surface area contributed by atoms with Crippen molar-refractivity contribution in [2.75, 3.05) is 56.2 Å². The van der Waals surface area contributed by atoms with Crippen molar-refractivity contribution < 1.29 is 9.13 Å². The standard InChI is InChI=1S/C28H34FN7O/c1-19(2)26-23(10-30-17-32-26)22-9-21(29)3-4-24(22)34-25-11-31-18-33-27(25)36-15-28(16-36)13-35(14-28)12-20-5-7-37-8-6-20/h3-4,9-11,17-20,34H,5-8,12-16H2,1-2H3. The molecule has 6 rings (SSSR count). The maximum Gasteiger partial charge on any atom is 0.155 e. The lowest BCUT2D eigenvalue weighted by Crippen LogP contribution is -2.72. The van der Waals surface area contributed by atoms with Crippen molar-refractivity contribution in [1.29, 1.82) is 0 Å². The Morgan fingerprint density at radius 3 is 2.54 bits per heavy atom. The number of nitrogens with one attached hydrogen (secondary N) is 1. The normalized spacial score (nSPS) is 19.6. The molecule has 1 N–H and O–H groups in total. The van der Waals surface area contributed by atoms with Crippen LogP contribution in [0.15, 0.2) is 43.2 Å². The van der Waals surface area contributed by atoms with E-state index in [0.717, 1.165) is 79.3 Å². The van der Waals surface area contributed by atoms with Gasteiger partial charge in [0.25, 0.3) is 0 Å². The molecule has 0 saturated carbocycles. The summed E-state index contributed by atoms with van der Waals surface area (Å²) in [5.41, 5.74) is 4.37. The van der Waals surface area contributed by atoms with Gasteiger partial charge < -0.3 is 19.9 Å². The lowest BCUT2D eigenvalue weighted by Gasteiger charge is -2.61. The third kappa shape index (κ3) is 4.90. The fourth-order valence-electron chi connectivity index (χ4n) is 6.10. The Kier molecular flexibility index (Phi) is 6.50. The zero-order valence-electron chi connectivity index (χ0n) is 21.5. The van der Waals surface area contributed by atoms with Crippen LogP contribution in [-0.4, -0.2) is 70.8 Å². The first-order valence-corrected chi connectivity index (χ1v) is 13.2. The van der Waals surface area contributed by atoms with Gasteiger partial charge in [-0.3, -0.25) is 0 Å². The van der Waals surface area contributed by atoms with Gasteiger partial charge >= 0.3 is 0 Å². The van der Waals surface area contributed by atoms with Crippen LogP contribution in [-0.2, 0) is 4.74 Å². The SMILES string of the molecule is CC(C)c1ncncc1-c1cc(F)ccc1Nc1cncnc1N1CC2(CN(CC3CCOCC3)C2)C1. The molecule has 3 aromatic rings. The molecule has 0 bridgehead atoms. The fraction of sp³-hybridized carbons (Fsp3) is 0.500. The number of halogens is 1. The highest BCUT2D eigenvalue weighted by Gasteiger charge is 2.52. The monoisotopic (exact) mass is 503 g/mol. The van der Waals surface area contributed by atoms with E-state index < -0.39 is 0 Å². The molecule has 0 atom stereocenters. The fourth-order valence-corrected chi connectivity index (χ4v) is 6.10. The Hall–Kier alpha value is -3.17. The van der Waals surface area contributed by atoms with Crippen LogP contribution >= 0.6 is 0 Å². The molecule has 3 fully saturated rings. The summed E-state index contributed by atoms with van der Waals surface area (Å²) < 4.78 is 19.9. The highest BCUT2D eigenvalue weighted by Crippen LogP contribution is 2.44. The van der Waals surface area contributed by atoms with Crippen LogP contribution in [0.4, 0.5) is 21.6 Å². The molecule has 3 aliphatic heterocycles. The third-order valence-corrected chi connectivity index (χ3v) is 7.85. The molecule has 0 unspecified atom stereocenters. The first-order chi connectivity index (χ1) is 18.0. The highest BCUT2D eigenvalue weighted by atomic mass is 19.1. The van der Waals surface area contributed by atoms with Crippen LogP contribution in [0.3, 0.4) is 0 Å². The second-order valence-corrected chi connectivity index (χ2v) is 11.1. The van der Waals surface area contributed by atoms with E-state index in [4.69, 9.17) is 4.74 Å². The summed E-state index contributed by atoms with van der Waals surface area (Å²) in [7, 11) is 0. The van der Waals surface area contributed by atoms with E-state index in [1.165, 1.54) is 31.5 Å². The molecule has 8 nitrogen and oxygen atoms in total. The molecule has 0 radical (unpaired) electrons. The highest BCUT2D eigenvalue weighted by molar-refractivity contribution is 5.84. The number of hydrogen-bond donors (Lipinski definition) is 1. The van der Waals surface area contributed by atoms with Crippen LogP contribution in [0.1, 0.15) is 38.3 Å². The number of benzene rings is 1. The topological polar surface area (TPSA) is 79.3 Å². The maximum absolute atomic E-state index is 14.4.